The van der Waals surface area contributed by atoms with Gasteiger partial charge in [-0.05, 0) is 36.4 Å². The van der Waals surface area contributed by atoms with Crippen molar-refractivity contribution in [1.29, 1.82) is 0 Å². The third-order valence-electron chi connectivity index (χ3n) is 3.50. The van der Waals surface area contributed by atoms with E-state index in [-0.39, 0.29) is 11.3 Å². The number of benzene rings is 2. The normalized spacial score (nSPS) is 11.3. The first-order valence-electron chi connectivity index (χ1n) is 6.68. The van der Waals surface area contributed by atoms with Gasteiger partial charge in [-0.2, -0.15) is 0 Å². The van der Waals surface area contributed by atoms with Crippen LogP contribution in [0.3, 0.4) is 0 Å². The zero-order valence-corrected chi connectivity index (χ0v) is 13.2. The zero-order chi connectivity index (χ0) is 16.1. The maximum absolute atomic E-state index is 12.6. The largest absolute Gasteiger partial charge is 0.451 e. The number of nitrogens with two attached hydrogens (primary N) is 1. The highest BCUT2D eigenvalue weighted by molar-refractivity contribution is 9.10. The van der Waals surface area contributed by atoms with Crippen LogP contribution in [-0.2, 0) is 0 Å². The first-order chi connectivity index (χ1) is 11.0. The Morgan fingerprint density at radius 2 is 1.87 bits per heavy atom. The lowest BCUT2D eigenvalue weighted by Crippen LogP contribution is -2.22. The molecule has 0 atom stereocenters. The molecule has 6 nitrogen and oxygen atoms in total. The molecule has 0 saturated carbocycles. The van der Waals surface area contributed by atoms with E-state index < -0.39 is 11.7 Å². The number of nitrogens with zero attached hydrogens (tertiary/aromatic N) is 1. The van der Waals surface area contributed by atoms with Gasteiger partial charge in [-0.25, -0.2) is 9.36 Å². The van der Waals surface area contributed by atoms with Gasteiger partial charge in [0.05, 0.1) is 5.52 Å². The quantitative estimate of drug-likeness (QED) is 0.517. The van der Waals surface area contributed by atoms with Gasteiger partial charge in [0, 0.05) is 21.6 Å². The van der Waals surface area contributed by atoms with Crippen molar-refractivity contribution in [1.82, 2.24) is 4.57 Å². The second-order valence-electron chi connectivity index (χ2n) is 5.03. The van der Waals surface area contributed by atoms with E-state index in [9.17, 15) is 9.59 Å². The average molecular weight is 373 g/mol. The van der Waals surface area contributed by atoms with Gasteiger partial charge in [0.25, 0.3) is 0 Å². The molecule has 0 aliphatic rings. The molecule has 0 radical (unpaired) electrons. The minimum atomic E-state index is -0.780. The van der Waals surface area contributed by atoms with Gasteiger partial charge in [-0.3, -0.25) is 4.79 Å². The standard InChI is InChI=1S/C16H9BrN2O4/c17-9-2-1-8-5-14(22-12(8)6-9)15(20)19-11-4-3-10(18)7-13(11)23-16(19)21/h1-7H,18H2. The van der Waals surface area contributed by atoms with Gasteiger partial charge in [0.1, 0.15) is 5.58 Å². The Balaban J connectivity index is 1.90. The lowest BCUT2D eigenvalue weighted by Gasteiger charge is -1.98. The Morgan fingerprint density at radius 3 is 2.70 bits per heavy atom. The van der Waals surface area contributed by atoms with Gasteiger partial charge in [-0.15, -0.1) is 0 Å². The highest BCUT2D eigenvalue weighted by atomic mass is 79.9. The Labute approximate surface area is 137 Å². The number of oxazole rings is 1. The van der Waals surface area contributed by atoms with Crippen LogP contribution < -0.4 is 11.5 Å². The molecule has 7 heteroatoms. The fourth-order valence-electron chi connectivity index (χ4n) is 2.45. The molecule has 0 aliphatic carbocycles. The number of hydrogen-bond acceptors (Lipinski definition) is 5. The molecule has 4 rings (SSSR count). The highest BCUT2D eigenvalue weighted by Gasteiger charge is 2.21. The molecule has 2 N–H and O–H groups in total. The molecule has 23 heavy (non-hydrogen) atoms. The molecular formula is C16H9BrN2O4. The summed E-state index contributed by atoms with van der Waals surface area (Å²) in [5.41, 5.74) is 7.24. The summed E-state index contributed by atoms with van der Waals surface area (Å²) in [7, 11) is 0. The van der Waals surface area contributed by atoms with Gasteiger partial charge >= 0.3 is 11.7 Å². The Bertz CT molecular complexity index is 1140. The molecule has 0 amide bonds. The third-order valence-corrected chi connectivity index (χ3v) is 3.99. The predicted octanol–water partition coefficient (Wildman–Crippen LogP) is 3.37. The zero-order valence-electron chi connectivity index (χ0n) is 11.6. The molecule has 2 heterocycles. The van der Waals surface area contributed by atoms with Crippen molar-refractivity contribution in [3.63, 3.8) is 0 Å². The van der Waals surface area contributed by atoms with Crippen molar-refractivity contribution < 1.29 is 13.6 Å². The number of rotatable bonds is 1. The first-order valence-corrected chi connectivity index (χ1v) is 7.47. The second-order valence-corrected chi connectivity index (χ2v) is 5.94. The third kappa shape index (κ3) is 2.17. The van der Waals surface area contributed by atoms with Crippen LogP contribution in [0.2, 0.25) is 0 Å². The van der Waals surface area contributed by atoms with E-state index in [0.29, 0.717) is 16.8 Å². The Kier molecular flexibility index (Phi) is 2.92. The number of anilines is 1. The van der Waals surface area contributed by atoms with Crippen molar-refractivity contribution in [3.05, 3.63) is 63.2 Å². The van der Waals surface area contributed by atoms with Gasteiger partial charge < -0.3 is 14.6 Å². The minimum absolute atomic E-state index is 0.0553. The van der Waals surface area contributed by atoms with E-state index in [1.165, 1.54) is 6.07 Å². The lowest BCUT2D eigenvalue weighted by atomic mass is 10.2. The van der Waals surface area contributed by atoms with Crippen LogP contribution in [0.5, 0.6) is 0 Å². The van der Waals surface area contributed by atoms with Crippen LogP contribution in [-0.4, -0.2) is 10.5 Å². The van der Waals surface area contributed by atoms with Crippen LogP contribution >= 0.6 is 15.9 Å². The Morgan fingerprint density at radius 1 is 1.04 bits per heavy atom. The number of furan rings is 1. The van der Waals surface area contributed by atoms with Crippen molar-refractivity contribution in [2.45, 2.75) is 0 Å². The highest BCUT2D eigenvalue weighted by Crippen LogP contribution is 2.25. The summed E-state index contributed by atoms with van der Waals surface area (Å²) < 4.78 is 12.4. The molecule has 2 aromatic carbocycles. The van der Waals surface area contributed by atoms with Gasteiger partial charge in [0.15, 0.2) is 11.3 Å². The van der Waals surface area contributed by atoms with Crippen molar-refractivity contribution in [3.8, 4) is 0 Å². The van der Waals surface area contributed by atoms with E-state index in [0.717, 1.165) is 14.4 Å². The van der Waals surface area contributed by atoms with E-state index in [2.05, 4.69) is 15.9 Å². The second kappa shape index (κ2) is 4.85. The molecule has 2 aromatic heterocycles. The van der Waals surface area contributed by atoms with Crippen molar-refractivity contribution in [2.75, 3.05) is 5.73 Å². The summed E-state index contributed by atoms with van der Waals surface area (Å²) in [5.74, 6) is -1.32. The summed E-state index contributed by atoms with van der Waals surface area (Å²) >= 11 is 3.34. The number of nitrogen functional groups attached to an aromatic ring is 1. The monoisotopic (exact) mass is 372 g/mol. The van der Waals surface area contributed by atoms with Crippen LogP contribution in [0.4, 0.5) is 5.69 Å². The van der Waals surface area contributed by atoms with Crippen molar-refractivity contribution >= 4 is 49.6 Å². The first kappa shape index (κ1) is 13.8. The maximum atomic E-state index is 12.6. The molecule has 0 unspecified atom stereocenters. The number of halogens is 1. The Hall–Kier alpha value is -2.80. The maximum Gasteiger partial charge on any atom is 0.427 e. The smallest absolute Gasteiger partial charge is 0.427 e. The number of hydrogen-bond donors (Lipinski definition) is 1. The number of aromatic nitrogens is 1. The number of fused-ring (bicyclic) bond motifs is 2. The molecule has 0 aliphatic heterocycles. The number of carbonyl (C=O) groups excluding carboxylic acids is 1. The van der Waals surface area contributed by atoms with E-state index in [1.54, 1.807) is 24.3 Å². The minimum Gasteiger partial charge on any atom is -0.451 e. The fraction of sp³-hybridized carbons (Fsp3) is 0. The summed E-state index contributed by atoms with van der Waals surface area (Å²) in [6.07, 6.45) is 0. The summed E-state index contributed by atoms with van der Waals surface area (Å²) in [6, 6.07) is 11.7. The summed E-state index contributed by atoms with van der Waals surface area (Å²) in [5, 5.41) is 0.765. The predicted molar refractivity (Wildman–Crippen MR) is 88.5 cm³/mol. The summed E-state index contributed by atoms with van der Waals surface area (Å²) in [4.78, 5) is 24.7. The van der Waals surface area contributed by atoms with E-state index in [4.69, 9.17) is 14.6 Å². The topological polar surface area (TPSA) is 91.4 Å². The average Bonchev–Trinajstić information content (AvgIpc) is 3.05. The van der Waals surface area contributed by atoms with Crippen LogP contribution in [0.1, 0.15) is 10.6 Å². The van der Waals surface area contributed by atoms with E-state index >= 15 is 0 Å². The molecule has 0 saturated heterocycles. The molecule has 0 bridgehead atoms. The van der Waals surface area contributed by atoms with Crippen molar-refractivity contribution in [2.24, 2.45) is 0 Å². The molecule has 4 aromatic rings. The molecule has 0 fully saturated rings. The van der Waals surface area contributed by atoms with Crippen LogP contribution in [0, 0.1) is 0 Å². The van der Waals surface area contributed by atoms with Crippen LogP contribution in [0.15, 0.2) is 60.6 Å². The SMILES string of the molecule is Nc1ccc2c(c1)oc(=O)n2C(=O)c1cc2ccc(Br)cc2o1. The van der Waals surface area contributed by atoms with Gasteiger partial charge in [0.2, 0.25) is 0 Å². The molecule has 114 valence electrons. The number of carbonyl (C=O) groups is 1. The van der Waals surface area contributed by atoms with Gasteiger partial charge in [-0.1, -0.05) is 15.9 Å². The summed E-state index contributed by atoms with van der Waals surface area (Å²) in [6.45, 7) is 0. The van der Waals surface area contributed by atoms with Crippen LogP contribution in [0.25, 0.3) is 22.1 Å². The molecule has 0 spiro atoms. The van der Waals surface area contributed by atoms with E-state index in [1.807, 2.05) is 12.1 Å². The molecular weight excluding hydrogens is 364 g/mol. The fourth-order valence-corrected chi connectivity index (χ4v) is 2.79. The lowest BCUT2D eigenvalue weighted by molar-refractivity contribution is 0.0931.